The largest absolute Gasteiger partial charge is 0.329 e. The summed E-state index contributed by atoms with van der Waals surface area (Å²) < 4.78 is 26.6. The molecule has 2 rings (SSSR count). The number of hydrogen-bond acceptors (Lipinski definition) is 2. The van der Waals surface area contributed by atoms with E-state index in [4.69, 9.17) is 5.73 Å². The van der Waals surface area contributed by atoms with Crippen LogP contribution >= 0.6 is 0 Å². The number of hydrogen-bond donors (Lipinski definition) is 2. The Hall–Kier alpha value is -1.00. The lowest BCUT2D eigenvalue weighted by Crippen LogP contribution is -2.30. The molecule has 0 heterocycles. The Kier molecular flexibility index (Phi) is 4.07. The van der Waals surface area contributed by atoms with Crippen molar-refractivity contribution in [1.82, 2.24) is 5.32 Å². The van der Waals surface area contributed by atoms with Gasteiger partial charge in [-0.2, -0.15) is 0 Å². The molecule has 2 nitrogen and oxygen atoms in total. The van der Waals surface area contributed by atoms with E-state index in [-0.39, 0.29) is 12.6 Å². The lowest BCUT2D eigenvalue weighted by Gasteiger charge is -2.18. The van der Waals surface area contributed by atoms with E-state index in [1.165, 1.54) is 18.9 Å². The first kappa shape index (κ1) is 12.5. The second-order valence-corrected chi connectivity index (χ2v) is 4.64. The lowest BCUT2D eigenvalue weighted by atomic mass is 10.1. The molecule has 1 fully saturated rings. The highest BCUT2D eigenvalue weighted by atomic mass is 19.1. The molecule has 94 valence electrons. The van der Waals surface area contributed by atoms with Crippen molar-refractivity contribution in [1.29, 1.82) is 0 Å². The number of nitrogens with two attached hydrogens (primary N) is 1. The maximum Gasteiger partial charge on any atom is 0.128 e. The third kappa shape index (κ3) is 3.48. The molecule has 1 aromatic rings. The summed E-state index contributed by atoms with van der Waals surface area (Å²) in [5.74, 6) is -0.0112. The summed E-state index contributed by atoms with van der Waals surface area (Å²) >= 11 is 0. The van der Waals surface area contributed by atoms with Crippen molar-refractivity contribution in [3.63, 3.8) is 0 Å². The normalized spacial score (nSPS) is 17.1. The van der Waals surface area contributed by atoms with Crippen LogP contribution in [0.4, 0.5) is 8.78 Å². The second-order valence-electron chi connectivity index (χ2n) is 4.64. The highest BCUT2D eigenvalue weighted by Crippen LogP contribution is 2.32. The summed E-state index contributed by atoms with van der Waals surface area (Å²) in [6.07, 6.45) is 3.68. The average Bonchev–Trinajstić information content (AvgIpc) is 3.12. The minimum Gasteiger partial charge on any atom is -0.329 e. The van der Waals surface area contributed by atoms with E-state index >= 15 is 0 Å². The Labute approximate surface area is 100 Å². The molecular weight excluding hydrogens is 222 g/mol. The van der Waals surface area contributed by atoms with Crippen LogP contribution < -0.4 is 11.1 Å². The molecule has 0 aliphatic heterocycles. The maximum absolute atomic E-state index is 13.5. The Morgan fingerprint density at radius 2 is 2.12 bits per heavy atom. The fourth-order valence-corrected chi connectivity index (χ4v) is 1.97. The molecule has 0 saturated heterocycles. The zero-order chi connectivity index (χ0) is 12.3. The summed E-state index contributed by atoms with van der Waals surface area (Å²) in [5, 5.41) is 3.19. The van der Waals surface area contributed by atoms with E-state index in [0.29, 0.717) is 5.56 Å². The standard InChI is InChI=1S/C13H18F2N2/c14-10-3-4-12(15)11(7-10)13(8-16)17-6-5-9-1-2-9/h3-4,7,9,13,17H,1-2,5-6,8,16H2. The monoisotopic (exact) mass is 240 g/mol. The van der Waals surface area contributed by atoms with E-state index < -0.39 is 11.6 Å². The van der Waals surface area contributed by atoms with Crippen LogP contribution in [0.2, 0.25) is 0 Å². The molecule has 0 radical (unpaired) electrons. The maximum atomic E-state index is 13.5. The highest BCUT2D eigenvalue weighted by molar-refractivity contribution is 5.22. The minimum atomic E-state index is -0.427. The van der Waals surface area contributed by atoms with Crippen molar-refractivity contribution in [2.24, 2.45) is 11.7 Å². The van der Waals surface area contributed by atoms with Crippen LogP contribution in [-0.4, -0.2) is 13.1 Å². The smallest absolute Gasteiger partial charge is 0.128 e. The van der Waals surface area contributed by atoms with Crippen molar-refractivity contribution in [2.45, 2.75) is 25.3 Å². The molecule has 0 aromatic heterocycles. The van der Waals surface area contributed by atoms with E-state index in [2.05, 4.69) is 5.32 Å². The molecule has 1 unspecified atom stereocenters. The summed E-state index contributed by atoms with van der Waals surface area (Å²) in [6.45, 7) is 1.08. The van der Waals surface area contributed by atoms with Gasteiger partial charge in [0.05, 0.1) is 0 Å². The van der Waals surface area contributed by atoms with Crippen LogP contribution in [-0.2, 0) is 0 Å². The van der Waals surface area contributed by atoms with Gasteiger partial charge in [0.15, 0.2) is 0 Å². The number of benzene rings is 1. The molecule has 1 aliphatic rings. The Bertz CT molecular complexity index is 378. The van der Waals surface area contributed by atoms with Crippen molar-refractivity contribution in [3.8, 4) is 0 Å². The molecule has 1 atom stereocenters. The number of halogens is 2. The summed E-state index contributed by atoms with van der Waals surface area (Å²) in [6, 6.07) is 3.19. The van der Waals surface area contributed by atoms with Gasteiger partial charge < -0.3 is 11.1 Å². The van der Waals surface area contributed by atoms with Crippen molar-refractivity contribution < 1.29 is 8.78 Å². The summed E-state index contributed by atoms with van der Waals surface area (Å²) in [5.41, 5.74) is 5.93. The molecule has 1 aliphatic carbocycles. The van der Waals surface area contributed by atoms with E-state index in [1.54, 1.807) is 0 Å². The minimum absolute atomic E-state index is 0.269. The first-order chi connectivity index (χ1) is 8.20. The zero-order valence-electron chi connectivity index (χ0n) is 9.76. The molecule has 3 N–H and O–H groups in total. The van der Waals surface area contributed by atoms with Crippen LogP contribution in [0.25, 0.3) is 0 Å². The Balaban J connectivity index is 1.96. The fourth-order valence-electron chi connectivity index (χ4n) is 1.97. The quantitative estimate of drug-likeness (QED) is 0.801. The Morgan fingerprint density at radius 3 is 2.76 bits per heavy atom. The van der Waals surface area contributed by atoms with E-state index in [9.17, 15) is 8.78 Å². The second kappa shape index (κ2) is 5.56. The molecule has 1 aromatic carbocycles. The predicted molar refractivity (Wildman–Crippen MR) is 63.5 cm³/mol. The molecule has 1 saturated carbocycles. The highest BCUT2D eigenvalue weighted by Gasteiger charge is 2.21. The van der Waals surface area contributed by atoms with Gasteiger partial charge in [-0.25, -0.2) is 8.78 Å². The predicted octanol–water partition coefficient (Wildman–Crippen LogP) is 2.35. The number of rotatable bonds is 6. The van der Waals surface area contributed by atoms with Crippen molar-refractivity contribution >= 4 is 0 Å². The molecule has 0 amide bonds. The Morgan fingerprint density at radius 1 is 1.35 bits per heavy atom. The van der Waals surface area contributed by atoms with Crippen LogP contribution in [0, 0.1) is 17.6 Å². The molecule has 0 bridgehead atoms. The molecule has 0 spiro atoms. The van der Waals surface area contributed by atoms with Gasteiger partial charge in [0.2, 0.25) is 0 Å². The van der Waals surface area contributed by atoms with Crippen molar-refractivity contribution in [3.05, 3.63) is 35.4 Å². The zero-order valence-corrected chi connectivity index (χ0v) is 9.76. The van der Waals surface area contributed by atoms with Crippen molar-refractivity contribution in [2.75, 3.05) is 13.1 Å². The number of nitrogens with one attached hydrogen (secondary N) is 1. The van der Waals surface area contributed by atoms with Gasteiger partial charge in [-0.1, -0.05) is 12.8 Å². The van der Waals surface area contributed by atoms with Crippen LogP contribution in [0.15, 0.2) is 18.2 Å². The van der Waals surface area contributed by atoms with E-state index in [1.807, 2.05) is 0 Å². The fraction of sp³-hybridized carbons (Fsp3) is 0.538. The first-order valence-corrected chi connectivity index (χ1v) is 6.09. The topological polar surface area (TPSA) is 38.0 Å². The van der Waals surface area contributed by atoms with Gasteiger partial charge in [0, 0.05) is 18.2 Å². The summed E-state index contributed by atoms with van der Waals surface area (Å²) in [4.78, 5) is 0. The first-order valence-electron chi connectivity index (χ1n) is 6.09. The van der Waals surface area contributed by atoms with Gasteiger partial charge >= 0.3 is 0 Å². The van der Waals surface area contributed by atoms with Gasteiger partial charge in [0.25, 0.3) is 0 Å². The van der Waals surface area contributed by atoms with Gasteiger partial charge in [0.1, 0.15) is 11.6 Å². The van der Waals surface area contributed by atoms with Crippen LogP contribution in [0.5, 0.6) is 0 Å². The van der Waals surface area contributed by atoms with Gasteiger partial charge in [-0.15, -0.1) is 0 Å². The lowest BCUT2D eigenvalue weighted by molar-refractivity contribution is 0.485. The van der Waals surface area contributed by atoms with Gasteiger partial charge in [-0.05, 0) is 37.1 Å². The molecular formula is C13H18F2N2. The molecule has 4 heteroatoms. The van der Waals surface area contributed by atoms with Crippen LogP contribution in [0.3, 0.4) is 0 Å². The van der Waals surface area contributed by atoms with E-state index in [0.717, 1.165) is 31.0 Å². The summed E-state index contributed by atoms with van der Waals surface area (Å²) in [7, 11) is 0. The third-order valence-electron chi connectivity index (χ3n) is 3.21. The SMILES string of the molecule is NCC(NCCC1CC1)c1cc(F)ccc1F. The average molecular weight is 240 g/mol. The van der Waals surface area contributed by atoms with Gasteiger partial charge in [-0.3, -0.25) is 0 Å². The van der Waals surface area contributed by atoms with Crippen LogP contribution in [0.1, 0.15) is 30.9 Å². The molecule has 17 heavy (non-hydrogen) atoms. The third-order valence-corrected chi connectivity index (χ3v) is 3.21.